The van der Waals surface area contributed by atoms with Gasteiger partial charge in [0.05, 0.1) is 12.7 Å². The smallest absolute Gasteiger partial charge is 0.358 e. The Morgan fingerprint density at radius 1 is 1.38 bits per heavy atom. The van der Waals surface area contributed by atoms with Crippen molar-refractivity contribution in [3.05, 3.63) is 23.0 Å². The predicted octanol–water partition coefficient (Wildman–Crippen LogP) is 1.71. The Kier molecular flexibility index (Phi) is 5.14. The predicted molar refractivity (Wildman–Crippen MR) is 58.4 cm³/mol. The first kappa shape index (κ1) is 12.9. The van der Waals surface area contributed by atoms with Gasteiger partial charge in [0.25, 0.3) is 0 Å². The van der Waals surface area contributed by atoms with Gasteiger partial charge in [-0.1, -0.05) is 11.6 Å². The normalized spacial score (nSPS) is 10.5. The first-order chi connectivity index (χ1) is 7.59. The monoisotopic (exact) mass is 244 g/mol. The molecule has 0 aliphatic heterocycles. The summed E-state index contributed by atoms with van der Waals surface area (Å²) in [6.45, 7) is 4.38. The molecule has 0 atom stereocenters. The molecule has 6 heteroatoms. The molecular weight excluding hydrogens is 232 g/mol. The Bertz CT molecular complexity index is 340. The molecule has 0 N–H and O–H groups in total. The van der Waals surface area contributed by atoms with Crippen LogP contribution in [0.3, 0.4) is 0 Å². The maximum absolute atomic E-state index is 11.4. The molecule has 1 aromatic rings. The van der Waals surface area contributed by atoms with Crippen LogP contribution in [0.5, 0.6) is 0 Å². The van der Waals surface area contributed by atoms with E-state index in [1.807, 2.05) is 13.8 Å². The molecule has 0 fully saturated rings. The summed E-state index contributed by atoms with van der Waals surface area (Å²) in [5.74, 6) is -0.531. The highest BCUT2D eigenvalue weighted by molar-refractivity contribution is 6.29. The average Bonchev–Trinajstić information content (AvgIpc) is 2.25. The van der Waals surface area contributed by atoms with Crippen LogP contribution in [-0.2, 0) is 9.47 Å². The molecule has 0 radical (unpaired) electrons. The van der Waals surface area contributed by atoms with Gasteiger partial charge in [0, 0.05) is 0 Å². The van der Waals surface area contributed by atoms with Crippen molar-refractivity contribution in [2.45, 2.75) is 20.0 Å². The lowest BCUT2D eigenvalue weighted by Gasteiger charge is -2.07. The molecule has 0 amide bonds. The standard InChI is InChI=1S/C10H13ClN2O3/c1-7(2)15-5-6-16-10(14)8-3-4-9(11)13-12-8/h3-4,7H,5-6H2,1-2H3. The van der Waals surface area contributed by atoms with E-state index >= 15 is 0 Å². The molecule has 1 aromatic heterocycles. The number of ether oxygens (including phenoxy) is 2. The van der Waals surface area contributed by atoms with Gasteiger partial charge in [0.15, 0.2) is 10.8 Å². The number of hydrogen-bond donors (Lipinski definition) is 0. The number of aromatic nitrogens is 2. The quantitative estimate of drug-likeness (QED) is 0.583. The van der Waals surface area contributed by atoms with E-state index in [2.05, 4.69) is 10.2 Å². The van der Waals surface area contributed by atoms with Crippen LogP contribution in [0, 0.1) is 0 Å². The molecule has 16 heavy (non-hydrogen) atoms. The topological polar surface area (TPSA) is 61.3 Å². The lowest BCUT2D eigenvalue weighted by Crippen LogP contribution is -2.14. The summed E-state index contributed by atoms with van der Waals surface area (Å²) in [6, 6.07) is 2.94. The molecule has 5 nitrogen and oxygen atoms in total. The summed E-state index contributed by atoms with van der Waals surface area (Å²) in [7, 11) is 0. The zero-order valence-corrected chi connectivity index (χ0v) is 9.90. The van der Waals surface area contributed by atoms with Gasteiger partial charge in [-0.05, 0) is 26.0 Å². The van der Waals surface area contributed by atoms with E-state index in [0.29, 0.717) is 6.61 Å². The number of carbonyl (C=O) groups is 1. The largest absolute Gasteiger partial charge is 0.458 e. The lowest BCUT2D eigenvalue weighted by molar-refractivity contribution is 0.0172. The van der Waals surface area contributed by atoms with Crippen molar-refractivity contribution in [3.63, 3.8) is 0 Å². The second-order valence-electron chi connectivity index (χ2n) is 3.30. The molecule has 0 saturated heterocycles. The van der Waals surface area contributed by atoms with Crippen LogP contribution < -0.4 is 0 Å². The molecule has 0 unspecified atom stereocenters. The van der Waals surface area contributed by atoms with Crippen molar-refractivity contribution < 1.29 is 14.3 Å². The van der Waals surface area contributed by atoms with E-state index < -0.39 is 5.97 Å². The summed E-state index contributed by atoms with van der Waals surface area (Å²) in [5.41, 5.74) is 0.133. The van der Waals surface area contributed by atoms with Crippen LogP contribution in [-0.4, -0.2) is 35.5 Å². The molecule has 0 spiro atoms. The number of esters is 1. The lowest BCUT2D eigenvalue weighted by atomic mass is 10.4. The van der Waals surface area contributed by atoms with Crippen LogP contribution in [0.4, 0.5) is 0 Å². The highest BCUT2D eigenvalue weighted by Gasteiger charge is 2.09. The number of rotatable bonds is 5. The highest BCUT2D eigenvalue weighted by atomic mass is 35.5. The molecule has 0 bridgehead atoms. The van der Waals surface area contributed by atoms with Crippen LogP contribution in [0.2, 0.25) is 5.15 Å². The number of halogens is 1. The highest BCUT2D eigenvalue weighted by Crippen LogP contribution is 2.03. The Morgan fingerprint density at radius 2 is 2.12 bits per heavy atom. The van der Waals surface area contributed by atoms with Gasteiger partial charge in [-0.15, -0.1) is 10.2 Å². The van der Waals surface area contributed by atoms with Gasteiger partial charge < -0.3 is 9.47 Å². The van der Waals surface area contributed by atoms with Gasteiger partial charge in [-0.3, -0.25) is 0 Å². The molecular formula is C10H13ClN2O3. The van der Waals surface area contributed by atoms with Crippen LogP contribution in [0.15, 0.2) is 12.1 Å². The van der Waals surface area contributed by atoms with Crippen molar-refractivity contribution in [1.29, 1.82) is 0 Å². The van der Waals surface area contributed by atoms with Gasteiger partial charge in [-0.25, -0.2) is 4.79 Å². The fourth-order valence-electron chi connectivity index (χ4n) is 0.917. The molecule has 88 valence electrons. The van der Waals surface area contributed by atoms with E-state index in [0.717, 1.165) is 0 Å². The maximum atomic E-state index is 11.4. The molecule has 1 rings (SSSR count). The van der Waals surface area contributed by atoms with Crippen molar-refractivity contribution in [2.24, 2.45) is 0 Å². The van der Waals surface area contributed by atoms with Crippen molar-refractivity contribution in [1.82, 2.24) is 10.2 Å². The van der Waals surface area contributed by atoms with Crippen LogP contribution >= 0.6 is 11.6 Å². The third-order valence-corrected chi connectivity index (χ3v) is 1.81. The fourth-order valence-corrected chi connectivity index (χ4v) is 1.02. The molecule has 1 heterocycles. The second-order valence-corrected chi connectivity index (χ2v) is 3.68. The Hall–Kier alpha value is -1.20. The minimum atomic E-state index is -0.531. The van der Waals surface area contributed by atoms with E-state index in [9.17, 15) is 4.79 Å². The zero-order chi connectivity index (χ0) is 12.0. The number of nitrogens with zero attached hydrogens (tertiary/aromatic N) is 2. The first-order valence-corrected chi connectivity index (χ1v) is 5.25. The van der Waals surface area contributed by atoms with E-state index in [4.69, 9.17) is 21.1 Å². The minimum Gasteiger partial charge on any atom is -0.458 e. The molecule has 0 saturated carbocycles. The van der Waals surface area contributed by atoms with Gasteiger partial charge in [-0.2, -0.15) is 0 Å². The Balaban J connectivity index is 2.32. The zero-order valence-electron chi connectivity index (χ0n) is 9.14. The molecule has 0 aliphatic carbocycles. The summed E-state index contributed by atoms with van der Waals surface area (Å²) in [4.78, 5) is 11.4. The Labute approximate surface area is 98.7 Å². The fraction of sp³-hybridized carbons (Fsp3) is 0.500. The average molecular weight is 245 g/mol. The first-order valence-electron chi connectivity index (χ1n) is 4.87. The third-order valence-electron chi connectivity index (χ3n) is 1.61. The second kappa shape index (κ2) is 6.40. The summed E-state index contributed by atoms with van der Waals surface area (Å²) < 4.78 is 10.1. The van der Waals surface area contributed by atoms with Crippen LogP contribution in [0.1, 0.15) is 24.3 Å². The van der Waals surface area contributed by atoms with Crippen molar-refractivity contribution >= 4 is 17.6 Å². The van der Waals surface area contributed by atoms with E-state index in [-0.39, 0.29) is 23.6 Å². The van der Waals surface area contributed by atoms with Gasteiger partial charge >= 0.3 is 5.97 Å². The summed E-state index contributed by atoms with van der Waals surface area (Å²) >= 11 is 5.53. The van der Waals surface area contributed by atoms with Crippen molar-refractivity contribution in [3.8, 4) is 0 Å². The molecule has 0 aromatic carbocycles. The summed E-state index contributed by atoms with van der Waals surface area (Å²) in [5, 5.41) is 7.37. The maximum Gasteiger partial charge on any atom is 0.358 e. The van der Waals surface area contributed by atoms with Crippen LogP contribution in [0.25, 0.3) is 0 Å². The van der Waals surface area contributed by atoms with Crippen molar-refractivity contribution in [2.75, 3.05) is 13.2 Å². The minimum absolute atomic E-state index is 0.119. The Morgan fingerprint density at radius 3 is 2.69 bits per heavy atom. The molecule has 0 aliphatic rings. The summed E-state index contributed by atoms with van der Waals surface area (Å²) in [6.07, 6.45) is 0.119. The van der Waals surface area contributed by atoms with E-state index in [1.54, 1.807) is 0 Å². The third kappa shape index (κ3) is 4.55. The SMILES string of the molecule is CC(C)OCCOC(=O)c1ccc(Cl)nn1. The van der Waals surface area contributed by atoms with E-state index in [1.165, 1.54) is 12.1 Å². The van der Waals surface area contributed by atoms with Gasteiger partial charge in [0.2, 0.25) is 0 Å². The van der Waals surface area contributed by atoms with Gasteiger partial charge in [0.1, 0.15) is 6.61 Å². The number of carbonyl (C=O) groups excluding carboxylic acids is 1. The number of hydrogen-bond acceptors (Lipinski definition) is 5.